The highest BCUT2D eigenvalue weighted by Gasteiger charge is 2.51. The lowest BCUT2D eigenvalue weighted by molar-refractivity contribution is 0.749. The molecule has 0 radical (unpaired) electrons. The van der Waals surface area contributed by atoms with Crippen molar-refractivity contribution in [3.63, 3.8) is 0 Å². The molecule has 1 spiro atoms. The van der Waals surface area contributed by atoms with Gasteiger partial charge in [-0.2, -0.15) is 9.97 Å². The molecule has 9 aromatic rings. The van der Waals surface area contributed by atoms with E-state index < -0.39 is 5.41 Å². The van der Waals surface area contributed by atoms with Gasteiger partial charge in [0, 0.05) is 31.3 Å². The Morgan fingerprint density at radius 2 is 0.941 bits per heavy atom. The Morgan fingerprint density at radius 1 is 0.412 bits per heavy atom. The van der Waals surface area contributed by atoms with Crippen molar-refractivity contribution in [3.05, 3.63) is 192 Å². The molecule has 11 rings (SSSR count). The molecular formula is C46H28N4S. The first-order valence-corrected chi connectivity index (χ1v) is 18.0. The number of thiophene rings is 1. The Bertz CT molecular complexity index is 2740. The second-order valence-electron chi connectivity index (χ2n) is 13.1. The van der Waals surface area contributed by atoms with Crippen LogP contribution in [-0.2, 0) is 5.41 Å². The van der Waals surface area contributed by atoms with E-state index in [1.54, 1.807) is 11.3 Å². The Balaban J connectivity index is 1.22. The summed E-state index contributed by atoms with van der Waals surface area (Å²) in [5, 5.41) is 2.39. The zero-order valence-electron chi connectivity index (χ0n) is 27.4. The lowest BCUT2D eigenvalue weighted by Crippen LogP contribution is -2.36. The largest absolute Gasteiger partial charge is 0.278 e. The van der Waals surface area contributed by atoms with Crippen LogP contribution in [0.3, 0.4) is 0 Å². The molecule has 0 amide bonds. The van der Waals surface area contributed by atoms with Crippen molar-refractivity contribution in [1.29, 1.82) is 0 Å². The Morgan fingerprint density at radius 3 is 1.65 bits per heavy atom. The summed E-state index contributed by atoms with van der Waals surface area (Å²) in [7, 11) is 0. The summed E-state index contributed by atoms with van der Waals surface area (Å²) in [4.78, 5) is 18.1. The lowest BCUT2D eigenvalue weighted by Gasteiger charge is -2.44. The number of hydrogen-bond acceptors (Lipinski definition) is 5. The van der Waals surface area contributed by atoms with Crippen LogP contribution in [0.25, 0.3) is 54.1 Å². The van der Waals surface area contributed by atoms with Crippen molar-refractivity contribution >= 4 is 48.8 Å². The van der Waals surface area contributed by atoms with Crippen LogP contribution in [-0.4, -0.2) is 15.0 Å². The molecule has 4 nitrogen and oxygen atoms in total. The molecule has 51 heavy (non-hydrogen) atoms. The fourth-order valence-electron chi connectivity index (χ4n) is 8.54. The molecule has 238 valence electrons. The predicted octanol–water partition coefficient (Wildman–Crippen LogP) is 11.7. The van der Waals surface area contributed by atoms with Gasteiger partial charge in [-0.15, -0.1) is 11.3 Å². The van der Waals surface area contributed by atoms with E-state index in [4.69, 9.17) is 15.0 Å². The minimum Gasteiger partial charge on any atom is -0.278 e. The van der Waals surface area contributed by atoms with Crippen molar-refractivity contribution < 1.29 is 0 Å². The smallest absolute Gasteiger partial charge is 0.238 e. The summed E-state index contributed by atoms with van der Waals surface area (Å²) in [6.07, 6.45) is 0. The molecule has 2 aliphatic rings. The number of hydrogen-bond donors (Lipinski definition) is 0. The molecule has 2 aromatic heterocycles. The average molecular weight is 669 g/mol. The fraction of sp³-hybridized carbons (Fsp3) is 0.0217. The van der Waals surface area contributed by atoms with E-state index in [9.17, 15) is 0 Å². The van der Waals surface area contributed by atoms with E-state index in [0.717, 1.165) is 22.5 Å². The quantitative estimate of drug-likeness (QED) is 0.188. The third-order valence-electron chi connectivity index (χ3n) is 10.5. The van der Waals surface area contributed by atoms with Gasteiger partial charge in [-0.05, 0) is 57.6 Å². The maximum absolute atomic E-state index is 5.40. The number of para-hydroxylation sites is 2. The fourth-order valence-corrected chi connectivity index (χ4v) is 9.67. The number of nitrogens with zero attached hydrogens (tertiary/aromatic N) is 4. The zero-order valence-corrected chi connectivity index (χ0v) is 28.2. The van der Waals surface area contributed by atoms with Gasteiger partial charge in [0.2, 0.25) is 5.95 Å². The van der Waals surface area contributed by atoms with Gasteiger partial charge in [-0.1, -0.05) is 146 Å². The normalized spacial score (nSPS) is 13.6. The molecular weight excluding hydrogens is 641 g/mol. The van der Waals surface area contributed by atoms with Crippen molar-refractivity contribution in [2.24, 2.45) is 0 Å². The number of anilines is 3. The van der Waals surface area contributed by atoms with Crippen LogP contribution >= 0.6 is 11.3 Å². The van der Waals surface area contributed by atoms with Gasteiger partial charge in [-0.3, -0.25) is 4.90 Å². The summed E-state index contributed by atoms with van der Waals surface area (Å²) in [6.45, 7) is 0. The summed E-state index contributed by atoms with van der Waals surface area (Å²) >= 11 is 1.80. The molecule has 3 heterocycles. The Kier molecular flexibility index (Phi) is 6.01. The average Bonchev–Trinajstić information content (AvgIpc) is 3.73. The monoisotopic (exact) mass is 668 g/mol. The maximum Gasteiger partial charge on any atom is 0.238 e. The molecule has 0 unspecified atom stereocenters. The Hall–Kier alpha value is -6.43. The first-order valence-electron chi connectivity index (χ1n) is 17.2. The predicted molar refractivity (Wildman–Crippen MR) is 209 cm³/mol. The zero-order chi connectivity index (χ0) is 33.5. The Labute approximate surface area is 299 Å². The second kappa shape index (κ2) is 10.8. The van der Waals surface area contributed by atoms with E-state index in [1.165, 1.54) is 53.6 Å². The van der Waals surface area contributed by atoms with E-state index >= 15 is 0 Å². The summed E-state index contributed by atoms with van der Waals surface area (Å²) < 4.78 is 2.46. The van der Waals surface area contributed by atoms with E-state index in [0.29, 0.717) is 17.6 Å². The third-order valence-corrected chi connectivity index (χ3v) is 11.7. The second-order valence-corrected chi connectivity index (χ2v) is 14.2. The van der Waals surface area contributed by atoms with Crippen LogP contribution in [0.2, 0.25) is 0 Å². The standard InChI is InChI=1S/C46H28N4S/c1-2-15-29(16-3-1)43-47-44(33-20-14-28-41-42(33)32-19-6-13-27-40(32)51-41)49-45(48-43)50-38-25-11-9-23-36(38)46(37-24-10-12-26-39(37)50)34-21-7-4-17-30(34)31-18-5-8-22-35(31)46/h1-28H. The molecule has 1 aliphatic carbocycles. The maximum atomic E-state index is 5.40. The van der Waals surface area contributed by atoms with Crippen LogP contribution in [0.15, 0.2) is 170 Å². The highest BCUT2D eigenvalue weighted by atomic mass is 32.1. The number of benzene rings is 7. The SMILES string of the molecule is c1ccc(-c2nc(-c3cccc4sc5ccccc5c34)nc(N3c4ccccc4C4(c5ccccc5-c5ccccc54)c4ccccc43)n2)cc1. The molecule has 0 atom stereocenters. The summed E-state index contributed by atoms with van der Waals surface area (Å²) in [6, 6.07) is 60.6. The first kappa shape index (κ1) is 28.4. The van der Waals surface area contributed by atoms with Crippen molar-refractivity contribution in [3.8, 4) is 33.9 Å². The molecule has 0 fully saturated rings. The van der Waals surface area contributed by atoms with E-state index in [2.05, 4.69) is 157 Å². The van der Waals surface area contributed by atoms with Crippen LogP contribution in [0, 0.1) is 0 Å². The lowest BCUT2D eigenvalue weighted by atomic mass is 9.65. The number of fused-ring (bicyclic) bond motifs is 12. The summed E-state index contributed by atoms with van der Waals surface area (Å²) in [5.41, 5.74) is 11.1. The molecule has 0 N–H and O–H groups in total. The molecule has 0 bridgehead atoms. The van der Waals surface area contributed by atoms with Crippen LogP contribution < -0.4 is 4.90 Å². The van der Waals surface area contributed by atoms with Crippen LogP contribution in [0.4, 0.5) is 17.3 Å². The van der Waals surface area contributed by atoms with Gasteiger partial charge >= 0.3 is 0 Å². The minimum absolute atomic E-state index is 0.504. The van der Waals surface area contributed by atoms with E-state index in [1.807, 2.05) is 18.2 Å². The van der Waals surface area contributed by atoms with Gasteiger partial charge in [0.15, 0.2) is 11.6 Å². The first-order chi connectivity index (χ1) is 25.3. The van der Waals surface area contributed by atoms with Gasteiger partial charge in [0.25, 0.3) is 0 Å². The van der Waals surface area contributed by atoms with Gasteiger partial charge < -0.3 is 0 Å². The molecule has 0 saturated carbocycles. The number of aromatic nitrogens is 3. The van der Waals surface area contributed by atoms with Gasteiger partial charge in [-0.25, -0.2) is 4.98 Å². The van der Waals surface area contributed by atoms with Crippen LogP contribution in [0.5, 0.6) is 0 Å². The molecule has 1 aliphatic heterocycles. The number of rotatable bonds is 3. The van der Waals surface area contributed by atoms with Crippen molar-refractivity contribution in [1.82, 2.24) is 15.0 Å². The van der Waals surface area contributed by atoms with Crippen molar-refractivity contribution in [2.45, 2.75) is 5.41 Å². The van der Waals surface area contributed by atoms with Crippen LogP contribution in [0.1, 0.15) is 22.3 Å². The van der Waals surface area contributed by atoms with Gasteiger partial charge in [0.1, 0.15) is 0 Å². The third kappa shape index (κ3) is 3.92. The van der Waals surface area contributed by atoms with Gasteiger partial charge in [0.05, 0.1) is 16.8 Å². The molecule has 0 saturated heterocycles. The van der Waals surface area contributed by atoms with Crippen molar-refractivity contribution in [2.75, 3.05) is 4.90 Å². The topological polar surface area (TPSA) is 41.9 Å². The summed E-state index contributed by atoms with van der Waals surface area (Å²) in [5.74, 6) is 1.88. The molecule has 7 aromatic carbocycles. The minimum atomic E-state index is -0.504. The highest BCUT2D eigenvalue weighted by Crippen LogP contribution is 2.63. The van der Waals surface area contributed by atoms with E-state index in [-0.39, 0.29) is 0 Å². The molecule has 5 heteroatoms. The highest BCUT2D eigenvalue weighted by molar-refractivity contribution is 7.25.